The lowest BCUT2D eigenvalue weighted by Crippen LogP contribution is -2.36. The number of ether oxygens (including phenoxy) is 1. The predicted octanol–water partition coefficient (Wildman–Crippen LogP) is 2.88. The summed E-state index contributed by atoms with van der Waals surface area (Å²) in [6, 6.07) is 15.2. The fraction of sp³-hybridized carbons (Fsp3) is 0.158. The van der Waals surface area contributed by atoms with Crippen molar-refractivity contribution in [2.24, 2.45) is 0 Å². The molecule has 4 nitrogen and oxygen atoms in total. The minimum atomic E-state index is -0.450. The lowest BCUT2D eigenvalue weighted by atomic mass is 9.97. The Morgan fingerprint density at radius 2 is 1.57 bits per heavy atom. The number of aryl methyl sites for hydroxylation is 1. The van der Waals surface area contributed by atoms with Gasteiger partial charge < -0.3 is 10.1 Å². The van der Waals surface area contributed by atoms with Crippen molar-refractivity contribution in [3.05, 3.63) is 80.1 Å². The molecular formula is C19H17NO3. The van der Waals surface area contributed by atoms with Crippen molar-refractivity contribution in [1.82, 2.24) is 0 Å². The second-order valence-corrected chi connectivity index (χ2v) is 5.48. The van der Waals surface area contributed by atoms with Crippen molar-refractivity contribution in [1.29, 1.82) is 0 Å². The van der Waals surface area contributed by atoms with Gasteiger partial charge in [0.05, 0.1) is 18.4 Å². The Kier molecular flexibility index (Phi) is 3.98. The number of benzene rings is 2. The van der Waals surface area contributed by atoms with Crippen LogP contribution in [0, 0.1) is 6.92 Å². The largest absolute Gasteiger partial charge is 0.497 e. The number of rotatable bonds is 5. The van der Waals surface area contributed by atoms with Gasteiger partial charge in [-0.05, 0) is 30.2 Å². The summed E-state index contributed by atoms with van der Waals surface area (Å²) in [5, 5.41) is 3.08. The van der Waals surface area contributed by atoms with Gasteiger partial charge in [-0.25, -0.2) is 0 Å². The highest BCUT2D eigenvalue weighted by Gasteiger charge is 2.21. The van der Waals surface area contributed by atoms with Gasteiger partial charge in [0, 0.05) is 6.54 Å². The minimum Gasteiger partial charge on any atom is -0.497 e. The van der Waals surface area contributed by atoms with Crippen LogP contribution in [0.3, 0.4) is 0 Å². The highest BCUT2D eigenvalue weighted by Crippen LogP contribution is 2.24. The predicted molar refractivity (Wildman–Crippen MR) is 91.8 cm³/mol. The van der Waals surface area contributed by atoms with Crippen LogP contribution in [-0.4, -0.2) is 7.11 Å². The number of hydrogen-bond donors (Lipinski definition) is 1. The highest BCUT2D eigenvalue weighted by molar-refractivity contribution is 5.81. The first-order valence-electron chi connectivity index (χ1n) is 7.37. The molecule has 3 rings (SSSR count). The molecule has 0 bridgehead atoms. The molecular weight excluding hydrogens is 290 g/mol. The Morgan fingerprint density at radius 1 is 0.913 bits per heavy atom. The Hall–Kier alpha value is -2.88. The summed E-state index contributed by atoms with van der Waals surface area (Å²) in [6.07, 6.45) is 0. The van der Waals surface area contributed by atoms with E-state index in [-0.39, 0.29) is 0 Å². The van der Waals surface area contributed by atoms with Crippen LogP contribution in [0.1, 0.15) is 11.1 Å². The van der Waals surface area contributed by atoms with Gasteiger partial charge in [0.25, 0.3) is 0 Å². The van der Waals surface area contributed by atoms with Crippen molar-refractivity contribution < 1.29 is 4.74 Å². The summed E-state index contributed by atoms with van der Waals surface area (Å²) < 4.78 is 5.11. The Morgan fingerprint density at radius 3 is 2.17 bits per heavy atom. The first-order valence-corrected chi connectivity index (χ1v) is 7.37. The van der Waals surface area contributed by atoms with Crippen molar-refractivity contribution in [2.45, 2.75) is 13.5 Å². The summed E-state index contributed by atoms with van der Waals surface area (Å²) in [5.41, 5.74) is 2.89. The summed E-state index contributed by atoms with van der Waals surface area (Å²) in [7, 11) is 1.62. The zero-order valence-electron chi connectivity index (χ0n) is 13.1. The molecule has 0 fully saturated rings. The van der Waals surface area contributed by atoms with E-state index in [4.69, 9.17) is 4.74 Å². The molecule has 0 aliphatic carbocycles. The third-order valence-corrected chi connectivity index (χ3v) is 3.88. The van der Waals surface area contributed by atoms with Crippen LogP contribution in [0.2, 0.25) is 0 Å². The number of nitrogens with one attached hydrogen (secondary N) is 1. The van der Waals surface area contributed by atoms with Gasteiger partial charge in [-0.3, -0.25) is 9.59 Å². The molecule has 23 heavy (non-hydrogen) atoms. The van der Waals surface area contributed by atoms with Crippen LogP contribution < -0.4 is 20.9 Å². The van der Waals surface area contributed by atoms with Crippen molar-refractivity contribution in [2.75, 3.05) is 12.4 Å². The van der Waals surface area contributed by atoms with E-state index in [2.05, 4.69) is 5.32 Å². The SMILES string of the molecule is COc1ccc(CNc2c(-c3ccc(C)cc3)c(=O)c2=O)cc1. The van der Waals surface area contributed by atoms with Crippen molar-refractivity contribution in [3.63, 3.8) is 0 Å². The molecule has 0 atom stereocenters. The van der Waals surface area contributed by atoms with E-state index < -0.39 is 10.9 Å². The maximum absolute atomic E-state index is 11.9. The van der Waals surface area contributed by atoms with Crippen LogP contribution in [0.4, 0.5) is 5.69 Å². The van der Waals surface area contributed by atoms with E-state index in [0.29, 0.717) is 17.8 Å². The van der Waals surface area contributed by atoms with Crippen LogP contribution in [0.15, 0.2) is 58.1 Å². The number of anilines is 1. The molecule has 4 heteroatoms. The highest BCUT2D eigenvalue weighted by atomic mass is 16.5. The molecule has 0 aromatic heterocycles. The molecule has 3 aromatic carbocycles. The Labute approximate surface area is 134 Å². The van der Waals surface area contributed by atoms with Gasteiger partial charge in [0.2, 0.25) is 10.9 Å². The van der Waals surface area contributed by atoms with E-state index in [9.17, 15) is 9.59 Å². The van der Waals surface area contributed by atoms with Crippen LogP contribution in [0.25, 0.3) is 11.1 Å². The molecule has 0 aliphatic heterocycles. The topological polar surface area (TPSA) is 55.4 Å². The molecule has 0 spiro atoms. The summed E-state index contributed by atoms with van der Waals surface area (Å²) in [5.74, 6) is 0.781. The van der Waals surface area contributed by atoms with Gasteiger partial charge in [-0.15, -0.1) is 0 Å². The monoisotopic (exact) mass is 307 g/mol. The van der Waals surface area contributed by atoms with E-state index in [1.165, 1.54) is 0 Å². The average Bonchev–Trinajstić information content (AvgIpc) is 2.59. The Bertz CT molecular complexity index is 886. The van der Waals surface area contributed by atoms with E-state index in [0.717, 1.165) is 22.4 Å². The smallest absolute Gasteiger partial charge is 0.250 e. The third kappa shape index (κ3) is 2.88. The number of methoxy groups -OCH3 is 1. The molecule has 0 aliphatic rings. The molecule has 116 valence electrons. The van der Waals surface area contributed by atoms with Gasteiger partial charge >= 0.3 is 0 Å². The molecule has 0 unspecified atom stereocenters. The van der Waals surface area contributed by atoms with Crippen LogP contribution in [0.5, 0.6) is 5.75 Å². The summed E-state index contributed by atoms with van der Waals surface area (Å²) in [4.78, 5) is 23.7. The van der Waals surface area contributed by atoms with Crippen LogP contribution >= 0.6 is 0 Å². The third-order valence-electron chi connectivity index (χ3n) is 3.88. The molecule has 3 aromatic rings. The zero-order chi connectivity index (χ0) is 16.4. The first kappa shape index (κ1) is 15.0. The fourth-order valence-electron chi connectivity index (χ4n) is 2.49. The zero-order valence-corrected chi connectivity index (χ0v) is 13.1. The normalized spacial score (nSPS) is 10.7. The molecule has 0 saturated heterocycles. The lowest BCUT2D eigenvalue weighted by molar-refractivity contribution is 0.414. The van der Waals surface area contributed by atoms with E-state index in [1.807, 2.05) is 55.5 Å². The average molecular weight is 307 g/mol. The summed E-state index contributed by atoms with van der Waals surface area (Å²) >= 11 is 0. The van der Waals surface area contributed by atoms with Crippen molar-refractivity contribution in [3.8, 4) is 16.9 Å². The van der Waals surface area contributed by atoms with Gasteiger partial charge in [0.1, 0.15) is 5.75 Å². The first-order chi connectivity index (χ1) is 11.1. The molecule has 0 heterocycles. The number of hydrogen-bond acceptors (Lipinski definition) is 4. The molecule has 0 saturated carbocycles. The van der Waals surface area contributed by atoms with Crippen LogP contribution in [-0.2, 0) is 6.54 Å². The molecule has 0 amide bonds. The summed E-state index contributed by atoms with van der Waals surface area (Å²) in [6.45, 7) is 2.46. The van der Waals surface area contributed by atoms with Gasteiger partial charge in [-0.2, -0.15) is 0 Å². The lowest BCUT2D eigenvalue weighted by Gasteiger charge is -2.14. The maximum Gasteiger partial charge on any atom is 0.250 e. The Balaban J connectivity index is 1.81. The molecule has 0 radical (unpaired) electrons. The minimum absolute atomic E-state index is 0.398. The van der Waals surface area contributed by atoms with Crippen molar-refractivity contribution >= 4 is 5.69 Å². The quantitative estimate of drug-likeness (QED) is 0.736. The van der Waals surface area contributed by atoms with Gasteiger partial charge in [-0.1, -0.05) is 42.0 Å². The molecule has 1 N–H and O–H groups in total. The maximum atomic E-state index is 11.9. The van der Waals surface area contributed by atoms with E-state index >= 15 is 0 Å². The second kappa shape index (κ2) is 6.08. The standard InChI is InChI=1S/C19H17NO3/c1-12-3-7-14(8-4-12)16-17(19(22)18(16)21)20-11-13-5-9-15(23-2)10-6-13/h3-10,20H,11H2,1-2H3. The van der Waals surface area contributed by atoms with E-state index in [1.54, 1.807) is 7.11 Å². The fourth-order valence-corrected chi connectivity index (χ4v) is 2.49. The van der Waals surface area contributed by atoms with Gasteiger partial charge in [0.15, 0.2) is 0 Å². The second-order valence-electron chi connectivity index (χ2n) is 5.48.